The van der Waals surface area contributed by atoms with E-state index >= 15 is 0 Å². The molecule has 5 nitrogen and oxygen atoms in total. The second kappa shape index (κ2) is 6.26. The maximum atomic E-state index is 12.0. The Bertz CT molecular complexity index is 584. The monoisotopic (exact) mass is 296 g/mol. The van der Waals surface area contributed by atoms with E-state index in [9.17, 15) is 13.2 Å². The van der Waals surface area contributed by atoms with Gasteiger partial charge in [0.05, 0.1) is 5.75 Å². The van der Waals surface area contributed by atoms with Crippen molar-refractivity contribution in [2.45, 2.75) is 25.8 Å². The Kier molecular flexibility index (Phi) is 4.65. The summed E-state index contributed by atoms with van der Waals surface area (Å²) in [5, 5.41) is 5.89. The number of hydrogen-bond donors (Lipinski definition) is 2. The number of carbonyl (C=O) groups excluding carboxylic acids is 1. The molecule has 1 atom stereocenters. The van der Waals surface area contributed by atoms with Gasteiger partial charge in [0.2, 0.25) is 5.91 Å². The molecule has 6 heteroatoms. The third-order valence-electron chi connectivity index (χ3n) is 3.52. The number of para-hydroxylation sites is 1. The molecule has 0 fully saturated rings. The zero-order valence-corrected chi connectivity index (χ0v) is 12.4. The number of hydrogen-bond acceptors (Lipinski definition) is 4. The summed E-state index contributed by atoms with van der Waals surface area (Å²) in [6, 6.07) is 7.63. The van der Waals surface area contributed by atoms with Gasteiger partial charge in [0, 0.05) is 18.0 Å². The van der Waals surface area contributed by atoms with E-state index in [-0.39, 0.29) is 30.0 Å². The number of rotatable bonds is 5. The standard InChI is InChI=1S/C14H20N2O3S/c1-2-20(18,19)10-9-15-14(17)13-8-7-11-5-3-4-6-12(11)16-13/h3-6,13,16H,2,7-10H2,1H3,(H,15,17). The van der Waals surface area contributed by atoms with Crippen molar-refractivity contribution in [3.63, 3.8) is 0 Å². The van der Waals surface area contributed by atoms with Gasteiger partial charge >= 0.3 is 0 Å². The van der Waals surface area contributed by atoms with Gasteiger partial charge in [-0.15, -0.1) is 0 Å². The summed E-state index contributed by atoms with van der Waals surface area (Å²) < 4.78 is 22.7. The van der Waals surface area contributed by atoms with Gasteiger partial charge in [-0.1, -0.05) is 25.1 Å². The lowest BCUT2D eigenvalue weighted by atomic mass is 9.98. The van der Waals surface area contributed by atoms with E-state index in [4.69, 9.17) is 0 Å². The van der Waals surface area contributed by atoms with Crippen LogP contribution in [0.15, 0.2) is 24.3 Å². The number of amides is 1. The molecular weight excluding hydrogens is 276 g/mol. The molecule has 0 radical (unpaired) electrons. The van der Waals surface area contributed by atoms with Crippen molar-refractivity contribution in [1.82, 2.24) is 5.32 Å². The summed E-state index contributed by atoms with van der Waals surface area (Å²) in [6.45, 7) is 1.78. The predicted octanol–water partition coefficient (Wildman–Crippen LogP) is 0.964. The Morgan fingerprint density at radius 1 is 1.40 bits per heavy atom. The summed E-state index contributed by atoms with van der Waals surface area (Å²) in [5.41, 5.74) is 2.20. The van der Waals surface area contributed by atoms with E-state index in [0.717, 1.165) is 18.5 Å². The lowest BCUT2D eigenvalue weighted by Gasteiger charge is -2.26. The van der Waals surface area contributed by atoms with Crippen LogP contribution in [0.4, 0.5) is 5.69 Å². The fourth-order valence-corrected chi connectivity index (χ4v) is 2.93. The van der Waals surface area contributed by atoms with E-state index in [0.29, 0.717) is 0 Å². The third kappa shape index (κ3) is 3.72. The van der Waals surface area contributed by atoms with Crippen molar-refractivity contribution in [3.8, 4) is 0 Å². The van der Waals surface area contributed by atoms with Crippen molar-refractivity contribution < 1.29 is 13.2 Å². The van der Waals surface area contributed by atoms with Crippen LogP contribution in [0.3, 0.4) is 0 Å². The van der Waals surface area contributed by atoms with E-state index in [2.05, 4.69) is 10.6 Å². The molecule has 110 valence electrons. The molecule has 0 bridgehead atoms. The van der Waals surface area contributed by atoms with Crippen LogP contribution in [0.2, 0.25) is 0 Å². The fraction of sp³-hybridized carbons (Fsp3) is 0.500. The molecule has 2 rings (SSSR count). The first-order chi connectivity index (χ1) is 9.52. The zero-order chi connectivity index (χ0) is 14.6. The summed E-state index contributed by atoms with van der Waals surface area (Å²) in [7, 11) is -3.03. The summed E-state index contributed by atoms with van der Waals surface area (Å²) in [6.07, 6.45) is 1.58. The van der Waals surface area contributed by atoms with Crippen LogP contribution in [0.25, 0.3) is 0 Å². The maximum Gasteiger partial charge on any atom is 0.242 e. The van der Waals surface area contributed by atoms with Gasteiger partial charge in [0.25, 0.3) is 0 Å². The highest BCUT2D eigenvalue weighted by Gasteiger charge is 2.23. The second-order valence-electron chi connectivity index (χ2n) is 4.92. The van der Waals surface area contributed by atoms with E-state index in [1.807, 2.05) is 24.3 Å². The number of fused-ring (bicyclic) bond motifs is 1. The number of benzene rings is 1. The van der Waals surface area contributed by atoms with Gasteiger partial charge < -0.3 is 10.6 Å². The van der Waals surface area contributed by atoms with E-state index in [1.165, 1.54) is 5.56 Å². The van der Waals surface area contributed by atoms with Crippen LogP contribution in [0.5, 0.6) is 0 Å². The summed E-state index contributed by atoms with van der Waals surface area (Å²) in [4.78, 5) is 12.0. The van der Waals surface area contributed by atoms with Crippen molar-refractivity contribution in [2.24, 2.45) is 0 Å². The number of sulfone groups is 1. The van der Waals surface area contributed by atoms with E-state index < -0.39 is 9.84 Å². The number of anilines is 1. The van der Waals surface area contributed by atoms with Crippen molar-refractivity contribution in [2.75, 3.05) is 23.4 Å². The highest BCUT2D eigenvalue weighted by Crippen LogP contribution is 2.24. The molecule has 1 aromatic carbocycles. The molecule has 0 aromatic heterocycles. The molecule has 1 aromatic rings. The minimum Gasteiger partial charge on any atom is -0.373 e. The first kappa shape index (κ1) is 14.8. The van der Waals surface area contributed by atoms with Crippen LogP contribution in [0.1, 0.15) is 18.9 Å². The molecule has 2 N–H and O–H groups in total. The Morgan fingerprint density at radius 2 is 2.15 bits per heavy atom. The maximum absolute atomic E-state index is 12.0. The van der Waals surface area contributed by atoms with Crippen LogP contribution in [-0.2, 0) is 21.1 Å². The molecule has 1 aliphatic rings. The quantitative estimate of drug-likeness (QED) is 0.849. The van der Waals surface area contributed by atoms with Crippen LogP contribution in [0, 0.1) is 0 Å². The van der Waals surface area contributed by atoms with Crippen molar-refractivity contribution in [3.05, 3.63) is 29.8 Å². The SMILES string of the molecule is CCS(=O)(=O)CCNC(=O)C1CCc2ccccc2N1. The van der Waals surface area contributed by atoms with Crippen molar-refractivity contribution >= 4 is 21.4 Å². The van der Waals surface area contributed by atoms with Gasteiger partial charge in [0.15, 0.2) is 9.84 Å². The van der Waals surface area contributed by atoms with Gasteiger partial charge in [-0.05, 0) is 24.5 Å². The Hall–Kier alpha value is -1.56. The highest BCUT2D eigenvalue weighted by molar-refractivity contribution is 7.91. The number of nitrogens with one attached hydrogen (secondary N) is 2. The van der Waals surface area contributed by atoms with Crippen LogP contribution >= 0.6 is 0 Å². The minimum absolute atomic E-state index is 0.00144. The van der Waals surface area contributed by atoms with E-state index in [1.54, 1.807) is 6.92 Å². The van der Waals surface area contributed by atoms with Gasteiger partial charge in [0.1, 0.15) is 6.04 Å². The van der Waals surface area contributed by atoms with Crippen molar-refractivity contribution in [1.29, 1.82) is 0 Å². The van der Waals surface area contributed by atoms with Gasteiger partial charge in [-0.3, -0.25) is 4.79 Å². The molecule has 0 spiro atoms. The first-order valence-corrected chi connectivity index (χ1v) is 8.66. The van der Waals surface area contributed by atoms with Crippen LogP contribution in [-0.4, -0.2) is 38.4 Å². The second-order valence-corrected chi connectivity index (χ2v) is 7.39. The predicted molar refractivity (Wildman–Crippen MR) is 79.5 cm³/mol. The molecule has 0 saturated heterocycles. The fourth-order valence-electron chi connectivity index (χ4n) is 2.23. The topological polar surface area (TPSA) is 75.3 Å². The Labute approximate surface area is 119 Å². The Morgan fingerprint density at radius 3 is 2.90 bits per heavy atom. The minimum atomic E-state index is -3.03. The number of aryl methyl sites for hydroxylation is 1. The first-order valence-electron chi connectivity index (χ1n) is 6.84. The molecule has 1 aliphatic heterocycles. The molecule has 0 saturated carbocycles. The molecule has 1 unspecified atom stereocenters. The average molecular weight is 296 g/mol. The lowest BCUT2D eigenvalue weighted by molar-refractivity contribution is -0.121. The van der Waals surface area contributed by atoms with Gasteiger partial charge in [-0.2, -0.15) is 0 Å². The largest absolute Gasteiger partial charge is 0.373 e. The number of carbonyl (C=O) groups is 1. The van der Waals surface area contributed by atoms with Crippen LogP contribution < -0.4 is 10.6 Å². The zero-order valence-electron chi connectivity index (χ0n) is 11.6. The molecular formula is C14H20N2O3S. The molecule has 1 heterocycles. The molecule has 20 heavy (non-hydrogen) atoms. The summed E-state index contributed by atoms with van der Waals surface area (Å²) in [5.74, 6) is -0.0259. The summed E-state index contributed by atoms with van der Waals surface area (Å²) >= 11 is 0. The third-order valence-corrected chi connectivity index (χ3v) is 5.22. The average Bonchev–Trinajstić information content (AvgIpc) is 2.46. The molecule has 1 amide bonds. The highest BCUT2D eigenvalue weighted by atomic mass is 32.2. The Balaban J connectivity index is 1.86. The smallest absolute Gasteiger partial charge is 0.242 e. The lowest BCUT2D eigenvalue weighted by Crippen LogP contribution is -2.43. The van der Waals surface area contributed by atoms with Gasteiger partial charge in [-0.25, -0.2) is 8.42 Å². The molecule has 0 aliphatic carbocycles. The normalized spacial score (nSPS) is 17.9.